The minimum absolute atomic E-state index is 0.343. The van der Waals surface area contributed by atoms with Gasteiger partial charge >= 0.3 is 0 Å². The van der Waals surface area contributed by atoms with Crippen LogP contribution in [-0.2, 0) is 10.1 Å². The molecule has 0 aliphatic rings. The third-order valence-electron chi connectivity index (χ3n) is 4.82. The first kappa shape index (κ1) is 20.3. The predicted octanol–water partition coefficient (Wildman–Crippen LogP) is 4.25. The molecule has 2 rings (SSSR count). The van der Waals surface area contributed by atoms with Gasteiger partial charge in [-0.3, -0.25) is 4.55 Å². The van der Waals surface area contributed by atoms with Gasteiger partial charge in [0.05, 0.1) is 5.25 Å². The van der Waals surface area contributed by atoms with Crippen LogP contribution in [0.1, 0.15) is 35.6 Å². The standard InChI is InChI=1S/C20H28N2O3S/c1-12-8-17(9-13(2)19(12)21)18-10-14(3)20(15(4)11-18)22-7-6-16(5)26(23,24)25/h8-11,16,22H,6-7,21H2,1-5H3,(H,23,24,25). The smallest absolute Gasteiger partial charge is 0.267 e. The van der Waals surface area contributed by atoms with Crippen LogP contribution in [-0.4, -0.2) is 24.8 Å². The number of anilines is 2. The number of nitrogen functional groups attached to an aromatic ring is 1. The Balaban J connectivity index is 2.23. The Kier molecular flexibility index (Phi) is 5.98. The maximum atomic E-state index is 11.1. The summed E-state index contributed by atoms with van der Waals surface area (Å²) in [5, 5.41) is 2.52. The Hall–Kier alpha value is -2.05. The van der Waals surface area contributed by atoms with Crippen molar-refractivity contribution in [2.24, 2.45) is 0 Å². The topological polar surface area (TPSA) is 92.4 Å². The molecule has 6 heteroatoms. The average Bonchev–Trinajstić information content (AvgIpc) is 2.53. The molecule has 142 valence electrons. The second-order valence-corrected chi connectivity index (χ2v) is 8.88. The van der Waals surface area contributed by atoms with Crippen LogP contribution < -0.4 is 11.1 Å². The van der Waals surface area contributed by atoms with Crippen molar-refractivity contribution in [2.45, 2.75) is 46.3 Å². The zero-order chi connectivity index (χ0) is 19.6. The number of hydrogen-bond donors (Lipinski definition) is 3. The molecule has 0 radical (unpaired) electrons. The summed E-state index contributed by atoms with van der Waals surface area (Å²) in [6, 6.07) is 8.42. The number of nitrogens with two attached hydrogens (primary N) is 1. The number of hydrogen-bond acceptors (Lipinski definition) is 4. The molecule has 2 aromatic carbocycles. The van der Waals surface area contributed by atoms with Crippen LogP contribution in [0.5, 0.6) is 0 Å². The maximum Gasteiger partial charge on any atom is 0.267 e. The summed E-state index contributed by atoms with van der Waals surface area (Å²) in [5.41, 5.74) is 14.5. The lowest BCUT2D eigenvalue weighted by molar-refractivity contribution is 0.467. The number of nitrogens with one attached hydrogen (secondary N) is 1. The summed E-state index contributed by atoms with van der Waals surface area (Å²) in [7, 11) is -3.98. The Morgan fingerprint density at radius 2 is 1.38 bits per heavy atom. The molecule has 4 N–H and O–H groups in total. The van der Waals surface area contributed by atoms with Gasteiger partial charge < -0.3 is 11.1 Å². The quantitative estimate of drug-likeness (QED) is 0.518. The van der Waals surface area contributed by atoms with Crippen molar-refractivity contribution < 1.29 is 13.0 Å². The van der Waals surface area contributed by atoms with Gasteiger partial charge in [0.15, 0.2) is 0 Å². The van der Waals surface area contributed by atoms with Gasteiger partial charge in [0.2, 0.25) is 0 Å². The van der Waals surface area contributed by atoms with Crippen LogP contribution in [0.15, 0.2) is 24.3 Å². The molecule has 2 aromatic rings. The molecule has 0 spiro atoms. The maximum absolute atomic E-state index is 11.1. The van der Waals surface area contributed by atoms with Crippen LogP contribution in [0.4, 0.5) is 11.4 Å². The minimum Gasteiger partial charge on any atom is -0.398 e. The summed E-state index contributed by atoms with van der Waals surface area (Å²) in [5.74, 6) is 0. The summed E-state index contributed by atoms with van der Waals surface area (Å²) in [4.78, 5) is 0. The van der Waals surface area contributed by atoms with E-state index < -0.39 is 15.4 Å². The van der Waals surface area contributed by atoms with Gasteiger partial charge in [-0.2, -0.15) is 8.42 Å². The molecule has 0 aromatic heterocycles. The highest BCUT2D eigenvalue weighted by Gasteiger charge is 2.17. The molecule has 1 unspecified atom stereocenters. The molecule has 0 saturated heterocycles. The van der Waals surface area contributed by atoms with Crippen molar-refractivity contribution in [3.63, 3.8) is 0 Å². The lowest BCUT2D eigenvalue weighted by Gasteiger charge is -2.17. The highest BCUT2D eigenvalue weighted by atomic mass is 32.2. The molecule has 0 fully saturated rings. The zero-order valence-electron chi connectivity index (χ0n) is 16.1. The molecule has 0 aliphatic heterocycles. The van der Waals surface area contributed by atoms with Gasteiger partial charge in [0.1, 0.15) is 0 Å². The van der Waals surface area contributed by atoms with E-state index in [4.69, 9.17) is 10.3 Å². The second kappa shape index (κ2) is 7.68. The van der Waals surface area contributed by atoms with Crippen LogP contribution in [0.3, 0.4) is 0 Å². The van der Waals surface area contributed by atoms with Gasteiger partial charge in [0.25, 0.3) is 10.1 Å². The second-order valence-electron chi connectivity index (χ2n) is 7.05. The van der Waals surface area contributed by atoms with Gasteiger partial charge in [-0.15, -0.1) is 0 Å². The first-order valence-corrected chi connectivity index (χ1v) is 10.2. The highest BCUT2D eigenvalue weighted by molar-refractivity contribution is 7.86. The number of benzene rings is 2. The fraction of sp³-hybridized carbons (Fsp3) is 0.400. The summed E-state index contributed by atoms with van der Waals surface area (Å²) in [6.07, 6.45) is 0.343. The normalized spacial score (nSPS) is 12.8. The van der Waals surface area contributed by atoms with Crippen molar-refractivity contribution in [2.75, 3.05) is 17.6 Å². The predicted molar refractivity (Wildman–Crippen MR) is 109 cm³/mol. The van der Waals surface area contributed by atoms with E-state index in [9.17, 15) is 8.42 Å². The van der Waals surface area contributed by atoms with E-state index in [-0.39, 0.29) is 0 Å². The Morgan fingerprint density at radius 3 is 1.81 bits per heavy atom. The monoisotopic (exact) mass is 376 g/mol. The Labute approximate surface area is 156 Å². The lowest BCUT2D eigenvalue weighted by Crippen LogP contribution is -2.20. The third-order valence-corrected chi connectivity index (χ3v) is 6.07. The minimum atomic E-state index is -3.98. The van der Waals surface area contributed by atoms with E-state index in [1.165, 1.54) is 6.92 Å². The van der Waals surface area contributed by atoms with Crippen molar-refractivity contribution >= 4 is 21.5 Å². The molecule has 1 atom stereocenters. The molecule has 0 aliphatic carbocycles. The van der Waals surface area contributed by atoms with Crippen molar-refractivity contribution in [1.29, 1.82) is 0 Å². The molecule has 0 saturated carbocycles. The largest absolute Gasteiger partial charge is 0.398 e. The molecule has 5 nitrogen and oxygen atoms in total. The van der Waals surface area contributed by atoms with E-state index in [1.807, 2.05) is 27.7 Å². The van der Waals surface area contributed by atoms with Crippen LogP contribution in [0, 0.1) is 27.7 Å². The molecule has 0 amide bonds. The van der Waals surface area contributed by atoms with E-state index in [0.717, 1.165) is 44.8 Å². The molecule has 26 heavy (non-hydrogen) atoms. The van der Waals surface area contributed by atoms with Gasteiger partial charge in [-0.1, -0.05) is 0 Å². The summed E-state index contributed by atoms with van der Waals surface area (Å²) in [6.45, 7) is 10.1. The average molecular weight is 377 g/mol. The fourth-order valence-corrected chi connectivity index (χ4v) is 3.52. The molecule has 0 bridgehead atoms. The van der Waals surface area contributed by atoms with Gasteiger partial charge in [-0.25, -0.2) is 0 Å². The van der Waals surface area contributed by atoms with Crippen molar-refractivity contribution in [3.8, 4) is 11.1 Å². The Bertz CT molecular complexity index is 875. The Morgan fingerprint density at radius 1 is 0.962 bits per heavy atom. The van der Waals surface area contributed by atoms with Crippen molar-refractivity contribution in [3.05, 3.63) is 46.5 Å². The third kappa shape index (κ3) is 4.56. The fourth-order valence-electron chi connectivity index (χ4n) is 3.10. The summed E-state index contributed by atoms with van der Waals surface area (Å²) < 4.78 is 31.3. The van der Waals surface area contributed by atoms with Crippen LogP contribution in [0.2, 0.25) is 0 Å². The van der Waals surface area contributed by atoms with E-state index in [0.29, 0.717) is 13.0 Å². The van der Waals surface area contributed by atoms with Crippen LogP contribution in [0.25, 0.3) is 11.1 Å². The first-order chi connectivity index (χ1) is 12.0. The van der Waals surface area contributed by atoms with E-state index >= 15 is 0 Å². The van der Waals surface area contributed by atoms with E-state index in [1.54, 1.807) is 0 Å². The van der Waals surface area contributed by atoms with Crippen LogP contribution >= 0.6 is 0 Å². The summed E-state index contributed by atoms with van der Waals surface area (Å²) >= 11 is 0. The zero-order valence-corrected chi connectivity index (χ0v) is 16.9. The van der Waals surface area contributed by atoms with Gasteiger partial charge in [-0.05, 0) is 98.7 Å². The molecular formula is C20H28N2O3S. The van der Waals surface area contributed by atoms with E-state index in [2.05, 4.69) is 29.6 Å². The van der Waals surface area contributed by atoms with Gasteiger partial charge in [0, 0.05) is 17.9 Å². The molecule has 0 heterocycles. The SMILES string of the molecule is Cc1cc(-c2cc(C)c(NCCC(C)S(=O)(=O)O)c(C)c2)cc(C)c1N. The lowest BCUT2D eigenvalue weighted by atomic mass is 9.95. The first-order valence-electron chi connectivity index (χ1n) is 8.69. The highest BCUT2D eigenvalue weighted by Crippen LogP contribution is 2.31. The molecular weight excluding hydrogens is 348 g/mol. The van der Waals surface area contributed by atoms with Crippen molar-refractivity contribution in [1.82, 2.24) is 0 Å². The number of aryl methyl sites for hydroxylation is 4. The number of rotatable bonds is 6.